The van der Waals surface area contributed by atoms with Gasteiger partial charge in [-0.3, -0.25) is 4.79 Å². The van der Waals surface area contributed by atoms with E-state index in [-0.39, 0.29) is 11.7 Å². The Morgan fingerprint density at radius 2 is 1.60 bits per heavy atom. The largest absolute Gasteiger partial charge is 0.460 e. The fourth-order valence-electron chi connectivity index (χ4n) is 6.02. The Morgan fingerprint density at radius 1 is 0.851 bits per heavy atom. The molecule has 0 radical (unpaired) electrons. The summed E-state index contributed by atoms with van der Waals surface area (Å²) in [5.74, 6) is -0.0906. The van der Waals surface area contributed by atoms with Crippen LogP contribution in [0, 0.1) is 20.8 Å². The zero-order valence-electron chi connectivity index (χ0n) is 27.5. The van der Waals surface area contributed by atoms with Gasteiger partial charge in [-0.25, -0.2) is 4.79 Å². The molecule has 5 aromatic rings. The smallest absolute Gasteiger partial charge is 0.374 e. The Morgan fingerprint density at radius 3 is 2.34 bits per heavy atom. The first-order valence-corrected chi connectivity index (χ1v) is 17.0. The van der Waals surface area contributed by atoms with Crippen LogP contribution in [0.2, 0.25) is 0 Å². The Balaban J connectivity index is 1.25. The van der Waals surface area contributed by atoms with Crippen LogP contribution in [0.5, 0.6) is 0 Å². The van der Waals surface area contributed by atoms with Gasteiger partial charge < -0.3 is 23.3 Å². The number of amides is 1. The van der Waals surface area contributed by atoms with E-state index in [2.05, 4.69) is 77.6 Å². The number of carbonyl (C=O) groups is 2. The predicted octanol–water partition coefficient (Wildman–Crippen LogP) is 8.25. The molecule has 6 rings (SSSR count). The number of hydrogen-bond acceptors (Lipinski definition) is 7. The summed E-state index contributed by atoms with van der Waals surface area (Å²) < 4.78 is 13.5. The van der Waals surface area contributed by atoms with E-state index >= 15 is 0 Å². The summed E-state index contributed by atoms with van der Waals surface area (Å²) in [5.41, 5.74) is 8.08. The van der Waals surface area contributed by atoms with Gasteiger partial charge in [-0.05, 0) is 105 Å². The molecule has 0 aliphatic carbocycles. The lowest BCUT2D eigenvalue weighted by molar-refractivity contribution is 0.0491. The lowest BCUT2D eigenvalue weighted by atomic mass is 10.1. The van der Waals surface area contributed by atoms with Crippen molar-refractivity contribution in [2.24, 2.45) is 0 Å². The molecule has 47 heavy (non-hydrogen) atoms. The summed E-state index contributed by atoms with van der Waals surface area (Å²) in [6, 6.07) is 31.1. The fraction of sp³-hybridized carbons (Fsp3) is 0.282. The lowest BCUT2D eigenvalue weighted by Crippen LogP contribution is -2.49. The molecular weight excluding hydrogens is 607 g/mol. The summed E-state index contributed by atoms with van der Waals surface area (Å²) in [6.07, 6.45) is 0.875. The minimum absolute atomic E-state index is 0.0946. The van der Waals surface area contributed by atoms with Gasteiger partial charge in [0, 0.05) is 54.1 Å². The number of ether oxygens (including phenoxy) is 1. The van der Waals surface area contributed by atoms with Crippen molar-refractivity contribution in [3.05, 3.63) is 125 Å². The number of para-hydroxylation sites is 2. The molecule has 1 aromatic heterocycles. The number of esters is 1. The van der Waals surface area contributed by atoms with Crippen molar-refractivity contribution < 1.29 is 18.7 Å². The van der Waals surface area contributed by atoms with Gasteiger partial charge in [0.15, 0.2) is 0 Å². The summed E-state index contributed by atoms with van der Waals surface area (Å²) in [4.78, 5) is 31.3. The molecule has 0 atom stereocenters. The molecule has 8 heteroatoms. The highest BCUT2D eigenvalue weighted by molar-refractivity contribution is 8.00. The molecule has 0 N–H and O–H groups in total. The van der Waals surface area contributed by atoms with Crippen LogP contribution in [0.3, 0.4) is 0 Å². The second-order valence-corrected chi connectivity index (χ2v) is 13.0. The second-order valence-electron chi connectivity index (χ2n) is 11.9. The monoisotopic (exact) mass is 647 g/mol. The molecule has 7 nitrogen and oxygen atoms in total. The van der Waals surface area contributed by atoms with Crippen LogP contribution in [0.15, 0.2) is 100 Å². The first-order chi connectivity index (χ1) is 22.8. The van der Waals surface area contributed by atoms with E-state index in [0.717, 1.165) is 64.4 Å². The minimum Gasteiger partial charge on any atom is -0.460 e. The number of carbonyl (C=O) groups excluding carboxylic acids is 2. The molecule has 1 aliphatic rings. The normalized spacial score (nSPS) is 13.2. The van der Waals surface area contributed by atoms with Crippen molar-refractivity contribution in [1.29, 1.82) is 0 Å². The molecule has 0 spiro atoms. The Labute approximate surface area is 281 Å². The van der Waals surface area contributed by atoms with Crippen molar-refractivity contribution in [2.45, 2.75) is 39.0 Å². The molecule has 242 valence electrons. The maximum absolute atomic E-state index is 13.4. The van der Waals surface area contributed by atoms with E-state index < -0.39 is 5.97 Å². The quantitative estimate of drug-likeness (QED) is 0.112. The van der Waals surface area contributed by atoms with Crippen LogP contribution in [-0.2, 0) is 11.2 Å². The Kier molecular flexibility index (Phi) is 9.87. The number of furan rings is 1. The molecule has 1 aliphatic heterocycles. The SMILES string of the molecule is CCOC(=O)c1oc2ccc(SN(CCc3ccccc3)c3ccccc3N3CCN(C(=O)c4ccc(C)c(C)c4)CC3)cc2c1C. The lowest BCUT2D eigenvalue weighted by Gasteiger charge is -2.38. The highest BCUT2D eigenvalue weighted by Crippen LogP contribution is 2.38. The van der Waals surface area contributed by atoms with Gasteiger partial charge in [0.2, 0.25) is 5.76 Å². The molecule has 4 aromatic carbocycles. The molecule has 1 fully saturated rings. The van der Waals surface area contributed by atoms with Crippen molar-refractivity contribution >= 4 is 46.2 Å². The first-order valence-electron chi connectivity index (χ1n) is 16.2. The van der Waals surface area contributed by atoms with E-state index in [9.17, 15) is 9.59 Å². The summed E-state index contributed by atoms with van der Waals surface area (Å²) in [7, 11) is 0. The van der Waals surface area contributed by atoms with Crippen molar-refractivity contribution in [2.75, 3.05) is 48.5 Å². The maximum Gasteiger partial charge on any atom is 0.374 e. The van der Waals surface area contributed by atoms with Gasteiger partial charge in [-0.15, -0.1) is 0 Å². The average Bonchev–Trinajstić information content (AvgIpc) is 3.43. The molecule has 1 saturated heterocycles. The van der Waals surface area contributed by atoms with Crippen molar-refractivity contribution in [1.82, 2.24) is 4.90 Å². The van der Waals surface area contributed by atoms with Crippen LogP contribution < -0.4 is 9.21 Å². The first kappa shape index (κ1) is 32.3. The summed E-state index contributed by atoms with van der Waals surface area (Å²) >= 11 is 1.68. The number of aryl methyl sites for hydroxylation is 3. The van der Waals surface area contributed by atoms with Crippen molar-refractivity contribution in [3.8, 4) is 0 Å². The van der Waals surface area contributed by atoms with Crippen LogP contribution in [-0.4, -0.2) is 56.1 Å². The molecule has 1 amide bonds. The third-order valence-corrected chi connectivity index (χ3v) is 9.91. The number of nitrogens with zero attached hydrogens (tertiary/aromatic N) is 3. The third-order valence-electron chi connectivity index (χ3n) is 8.84. The molecule has 0 saturated carbocycles. The fourth-order valence-corrected chi connectivity index (χ4v) is 7.01. The topological polar surface area (TPSA) is 66.2 Å². The third kappa shape index (κ3) is 7.18. The predicted molar refractivity (Wildman–Crippen MR) is 191 cm³/mol. The van der Waals surface area contributed by atoms with Crippen LogP contribution in [0.4, 0.5) is 11.4 Å². The number of piperazine rings is 1. The molecule has 0 bridgehead atoms. The molecular formula is C39H41N3O4S. The van der Waals surface area contributed by atoms with E-state index in [1.165, 1.54) is 11.1 Å². The Hall–Kier alpha value is -4.69. The number of hydrogen-bond donors (Lipinski definition) is 0. The van der Waals surface area contributed by atoms with Gasteiger partial charge in [-0.2, -0.15) is 0 Å². The maximum atomic E-state index is 13.4. The van der Waals surface area contributed by atoms with Crippen LogP contribution in [0.25, 0.3) is 11.0 Å². The van der Waals surface area contributed by atoms with Gasteiger partial charge in [0.05, 0.1) is 18.0 Å². The van der Waals surface area contributed by atoms with Crippen molar-refractivity contribution in [3.63, 3.8) is 0 Å². The zero-order chi connectivity index (χ0) is 32.9. The van der Waals surface area contributed by atoms with Crippen LogP contribution >= 0.6 is 11.9 Å². The number of benzene rings is 4. The number of rotatable bonds is 10. The van der Waals surface area contributed by atoms with E-state index in [0.29, 0.717) is 25.3 Å². The van der Waals surface area contributed by atoms with Gasteiger partial charge in [0.25, 0.3) is 5.91 Å². The summed E-state index contributed by atoms with van der Waals surface area (Å²) in [5, 5.41) is 0.902. The molecule has 0 unspecified atom stereocenters. The van der Waals surface area contributed by atoms with Gasteiger partial charge in [-0.1, -0.05) is 48.5 Å². The Bertz CT molecular complexity index is 1880. The van der Waals surface area contributed by atoms with E-state index in [1.807, 2.05) is 48.2 Å². The highest BCUT2D eigenvalue weighted by Gasteiger charge is 2.26. The standard InChI is InChI=1S/C39H41N3O4S/c1-5-45-39(44)37-29(4)33-26-32(17-18-36(33)46-37)47-42(20-19-30-11-7-6-8-12-30)35-14-10-9-13-34(35)40-21-23-41(24-22-40)38(43)31-16-15-27(2)28(3)25-31/h6-18,25-26H,5,19-24H2,1-4H3. The second kappa shape index (κ2) is 14.4. The molecule has 2 heterocycles. The van der Waals surface area contributed by atoms with Gasteiger partial charge in [0.1, 0.15) is 5.58 Å². The van der Waals surface area contributed by atoms with E-state index in [1.54, 1.807) is 18.9 Å². The highest BCUT2D eigenvalue weighted by atomic mass is 32.2. The zero-order valence-corrected chi connectivity index (χ0v) is 28.3. The van der Waals surface area contributed by atoms with Crippen LogP contribution in [0.1, 0.15) is 50.1 Å². The summed E-state index contributed by atoms with van der Waals surface area (Å²) in [6.45, 7) is 11.7. The van der Waals surface area contributed by atoms with Gasteiger partial charge >= 0.3 is 5.97 Å². The number of anilines is 2. The minimum atomic E-state index is -0.440. The number of fused-ring (bicyclic) bond motifs is 1. The average molecular weight is 648 g/mol. The van der Waals surface area contributed by atoms with E-state index in [4.69, 9.17) is 9.15 Å².